The van der Waals surface area contributed by atoms with Gasteiger partial charge in [0.15, 0.2) is 0 Å². The molecule has 2 aliphatic rings. The van der Waals surface area contributed by atoms with Crippen LogP contribution in [0, 0.1) is 5.92 Å². The minimum Gasteiger partial charge on any atom is -0.507 e. The number of hydrogen-bond donors (Lipinski definition) is 1. The second kappa shape index (κ2) is 7.91. The number of hydrogen-bond acceptors (Lipinski definition) is 4. The number of benzene rings is 1. The molecule has 4 rings (SSSR count). The molecule has 4 heteroatoms. The van der Waals surface area contributed by atoms with E-state index in [4.69, 9.17) is 4.42 Å². The van der Waals surface area contributed by atoms with Crippen molar-refractivity contribution in [3.8, 4) is 17.1 Å². The molecule has 1 unspecified atom stereocenters. The van der Waals surface area contributed by atoms with Gasteiger partial charge in [0, 0.05) is 22.1 Å². The molecule has 2 aliphatic carbocycles. The van der Waals surface area contributed by atoms with Crippen molar-refractivity contribution >= 4 is 11.8 Å². The third-order valence-corrected chi connectivity index (χ3v) is 7.55. The van der Waals surface area contributed by atoms with Crippen LogP contribution in [0.15, 0.2) is 45.6 Å². The minimum absolute atomic E-state index is 0.0571. The normalized spacial score (nSPS) is 19.8. The van der Waals surface area contributed by atoms with Crippen molar-refractivity contribution in [2.75, 3.05) is 0 Å². The molecule has 0 spiro atoms. The van der Waals surface area contributed by atoms with Crippen molar-refractivity contribution in [2.45, 2.75) is 61.9 Å². The molecule has 2 saturated carbocycles. The van der Waals surface area contributed by atoms with Crippen molar-refractivity contribution in [2.24, 2.45) is 5.92 Å². The molecule has 0 amide bonds. The highest BCUT2D eigenvalue weighted by atomic mass is 32.2. The summed E-state index contributed by atoms with van der Waals surface area (Å²) in [6, 6.07) is 11.1. The van der Waals surface area contributed by atoms with Crippen LogP contribution in [-0.4, -0.2) is 10.4 Å². The van der Waals surface area contributed by atoms with Gasteiger partial charge in [-0.1, -0.05) is 56.0 Å². The summed E-state index contributed by atoms with van der Waals surface area (Å²) in [5, 5.41) is 11.4. The Morgan fingerprint density at radius 2 is 1.65 bits per heavy atom. The van der Waals surface area contributed by atoms with Gasteiger partial charge in [0.25, 0.3) is 0 Å². The van der Waals surface area contributed by atoms with Gasteiger partial charge in [0.2, 0.25) is 0 Å². The highest BCUT2D eigenvalue weighted by Crippen LogP contribution is 2.49. The van der Waals surface area contributed by atoms with E-state index in [-0.39, 0.29) is 16.6 Å². The van der Waals surface area contributed by atoms with Crippen LogP contribution in [0.1, 0.15) is 62.2 Å². The van der Waals surface area contributed by atoms with Crippen molar-refractivity contribution in [3.05, 3.63) is 52.4 Å². The van der Waals surface area contributed by atoms with Gasteiger partial charge < -0.3 is 9.52 Å². The van der Waals surface area contributed by atoms with E-state index < -0.39 is 0 Å². The Morgan fingerprint density at radius 1 is 1.00 bits per heavy atom. The van der Waals surface area contributed by atoms with Gasteiger partial charge in [0.1, 0.15) is 11.5 Å². The van der Waals surface area contributed by atoms with E-state index in [9.17, 15) is 9.90 Å². The summed E-state index contributed by atoms with van der Waals surface area (Å²) < 4.78 is 5.65. The summed E-state index contributed by atoms with van der Waals surface area (Å²) in [6.45, 7) is 0. The zero-order valence-electron chi connectivity index (χ0n) is 15.0. The molecule has 138 valence electrons. The first-order valence-corrected chi connectivity index (χ1v) is 10.7. The highest BCUT2D eigenvalue weighted by Gasteiger charge is 2.34. The van der Waals surface area contributed by atoms with Crippen LogP contribution in [0.4, 0.5) is 0 Å². The summed E-state index contributed by atoms with van der Waals surface area (Å²) in [6.07, 6.45) is 9.74. The fourth-order valence-corrected chi connectivity index (χ4v) is 6.27. The zero-order valence-corrected chi connectivity index (χ0v) is 15.8. The average molecular weight is 371 g/mol. The molecule has 1 heterocycles. The molecule has 1 N–H and O–H groups in total. The smallest absolute Gasteiger partial charge is 0.344 e. The Hall–Kier alpha value is -1.68. The van der Waals surface area contributed by atoms with Gasteiger partial charge in [-0.25, -0.2) is 4.79 Å². The Balaban J connectivity index is 1.69. The highest BCUT2D eigenvalue weighted by molar-refractivity contribution is 8.00. The number of rotatable bonds is 5. The molecule has 0 bridgehead atoms. The third kappa shape index (κ3) is 3.71. The van der Waals surface area contributed by atoms with Crippen LogP contribution < -0.4 is 5.63 Å². The molecule has 3 nitrogen and oxygen atoms in total. The molecule has 26 heavy (non-hydrogen) atoms. The van der Waals surface area contributed by atoms with Crippen LogP contribution in [0.5, 0.6) is 5.75 Å². The van der Waals surface area contributed by atoms with E-state index in [1.54, 1.807) is 6.07 Å². The van der Waals surface area contributed by atoms with Crippen LogP contribution >= 0.6 is 11.8 Å². The fourth-order valence-electron chi connectivity index (χ4n) is 4.40. The first-order valence-electron chi connectivity index (χ1n) is 9.80. The molecule has 1 aromatic carbocycles. The van der Waals surface area contributed by atoms with E-state index in [1.807, 2.05) is 42.1 Å². The summed E-state index contributed by atoms with van der Waals surface area (Å²) in [5.41, 5.74) is 0.937. The molecule has 1 atom stereocenters. The summed E-state index contributed by atoms with van der Waals surface area (Å²) in [5.74, 6) is 1.01. The second-order valence-corrected chi connectivity index (χ2v) is 9.02. The monoisotopic (exact) mass is 370 g/mol. The Labute approximate surface area is 158 Å². The van der Waals surface area contributed by atoms with Crippen molar-refractivity contribution < 1.29 is 9.52 Å². The molecule has 1 aromatic heterocycles. The van der Waals surface area contributed by atoms with E-state index in [1.165, 1.54) is 38.5 Å². The van der Waals surface area contributed by atoms with Gasteiger partial charge in [0.05, 0.1) is 5.56 Å². The summed E-state index contributed by atoms with van der Waals surface area (Å²) in [7, 11) is 0. The van der Waals surface area contributed by atoms with Gasteiger partial charge in [-0.2, -0.15) is 0 Å². The van der Waals surface area contributed by atoms with Crippen molar-refractivity contribution in [1.29, 1.82) is 0 Å². The quantitative estimate of drug-likeness (QED) is 0.710. The first-order chi connectivity index (χ1) is 12.7. The second-order valence-electron chi connectivity index (χ2n) is 7.57. The van der Waals surface area contributed by atoms with Crippen molar-refractivity contribution in [1.82, 2.24) is 0 Å². The first kappa shape index (κ1) is 17.7. The minimum atomic E-state index is -0.369. The van der Waals surface area contributed by atoms with Gasteiger partial charge in [-0.15, -0.1) is 11.8 Å². The molecule has 2 aromatic rings. The molecule has 0 saturated heterocycles. The zero-order chi connectivity index (χ0) is 17.9. The molecule has 0 aliphatic heterocycles. The van der Waals surface area contributed by atoms with Crippen LogP contribution in [0.3, 0.4) is 0 Å². The van der Waals surface area contributed by atoms with Gasteiger partial charge >= 0.3 is 5.63 Å². The fraction of sp³-hybridized carbons (Fsp3) is 0.500. The lowest BCUT2D eigenvalue weighted by molar-refractivity contribution is 0.422. The predicted molar refractivity (Wildman–Crippen MR) is 107 cm³/mol. The lowest BCUT2D eigenvalue weighted by Crippen LogP contribution is -2.18. The predicted octanol–water partition coefficient (Wildman–Crippen LogP) is 5.92. The Morgan fingerprint density at radius 3 is 2.31 bits per heavy atom. The Bertz CT molecular complexity index is 787. The van der Waals surface area contributed by atoms with Crippen LogP contribution in [-0.2, 0) is 0 Å². The lowest BCUT2D eigenvalue weighted by atomic mass is 9.97. The van der Waals surface area contributed by atoms with Gasteiger partial charge in [-0.05, 0) is 31.6 Å². The molecular weight excluding hydrogens is 344 g/mol. The maximum Gasteiger partial charge on any atom is 0.344 e. The summed E-state index contributed by atoms with van der Waals surface area (Å²) >= 11 is 1.91. The maximum absolute atomic E-state index is 12.9. The van der Waals surface area contributed by atoms with E-state index in [0.717, 1.165) is 18.4 Å². The SMILES string of the molecule is O=c1oc(-c2ccccc2)cc(O)c1C(SC1CCCC1)C1CCCC1. The molecular formula is C22H26O3S. The topological polar surface area (TPSA) is 50.4 Å². The van der Waals surface area contributed by atoms with E-state index >= 15 is 0 Å². The largest absolute Gasteiger partial charge is 0.507 e. The summed E-state index contributed by atoms with van der Waals surface area (Å²) in [4.78, 5) is 12.9. The van der Waals surface area contributed by atoms with Crippen molar-refractivity contribution in [3.63, 3.8) is 0 Å². The Kier molecular flexibility index (Phi) is 5.39. The molecule has 2 fully saturated rings. The number of thioether (sulfide) groups is 1. The third-order valence-electron chi connectivity index (χ3n) is 5.78. The molecule has 0 radical (unpaired) electrons. The number of aromatic hydroxyl groups is 1. The standard InChI is InChI=1S/C22H26O3S/c23-18-14-19(15-8-2-1-3-9-15)25-22(24)20(18)21(16-10-4-5-11-16)26-17-12-6-7-13-17/h1-3,8-9,14,16-17,21,23H,4-7,10-13H2. The average Bonchev–Trinajstić information content (AvgIpc) is 3.35. The van der Waals surface area contributed by atoms with E-state index in [0.29, 0.717) is 22.5 Å². The van der Waals surface area contributed by atoms with Gasteiger partial charge in [-0.3, -0.25) is 0 Å². The van der Waals surface area contributed by atoms with Crippen LogP contribution in [0.25, 0.3) is 11.3 Å². The van der Waals surface area contributed by atoms with E-state index in [2.05, 4.69) is 0 Å². The lowest BCUT2D eigenvalue weighted by Gasteiger charge is -2.26. The van der Waals surface area contributed by atoms with Crippen LogP contribution in [0.2, 0.25) is 0 Å². The maximum atomic E-state index is 12.9.